The maximum atomic E-state index is 13.4. The summed E-state index contributed by atoms with van der Waals surface area (Å²) in [5.74, 6) is 0.272. The van der Waals surface area contributed by atoms with Crippen LogP contribution in [0.25, 0.3) is 0 Å². The number of carbonyl (C=O) groups is 1. The van der Waals surface area contributed by atoms with E-state index in [1.165, 1.54) is 0 Å². The van der Waals surface area contributed by atoms with Crippen molar-refractivity contribution in [3.05, 3.63) is 28.8 Å². The quantitative estimate of drug-likeness (QED) is 0.845. The van der Waals surface area contributed by atoms with E-state index in [-0.39, 0.29) is 23.5 Å². The third-order valence-electron chi connectivity index (χ3n) is 6.65. The number of aliphatic hydroxyl groups is 1. The van der Waals surface area contributed by atoms with Gasteiger partial charge in [0.05, 0.1) is 22.8 Å². The third kappa shape index (κ3) is 3.41. The van der Waals surface area contributed by atoms with Crippen LogP contribution in [0.1, 0.15) is 50.5 Å². The number of piperidine rings is 1. The number of likely N-dealkylation sites (tertiary alicyclic amines) is 1. The molecule has 6 heteroatoms. The number of rotatable bonds is 2. The summed E-state index contributed by atoms with van der Waals surface area (Å²) in [6.45, 7) is 2.32. The number of anilines is 1. The van der Waals surface area contributed by atoms with E-state index in [1.807, 2.05) is 6.07 Å². The monoisotopic (exact) mass is 387 g/mol. The predicted molar refractivity (Wildman–Crippen MR) is 105 cm³/mol. The smallest absolute Gasteiger partial charge is 0.230 e. The maximum Gasteiger partial charge on any atom is 0.230 e. The van der Waals surface area contributed by atoms with Crippen LogP contribution in [0.5, 0.6) is 0 Å². The van der Waals surface area contributed by atoms with Gasteiger partial charge in [-0.15, -0.1) is 0 Å². The maximum absolute atomic E-state index is 13.4. The summed E-state index contributed by atoms with van der Waals surface area (Å²) < 4.78 is 0. The van der Waals surface area contributed by atoms with Crippen LogP contribution < -0.4 is 4.90 Å². The van der Waals surface area contributed by atoms with Crippen LogP contribution in [0.4, 0.5) is 5.69 Å². The summed E-state index contributed by atoms with van der Waals surface area (Å²) in [6.07, 6.45) is 5.92. The molecule has 0 bridgehead atoms. The van der Waals surface area contributed by atoms with Gasteiger partial charge < -0.3 is 14.9 Å². The predicted octanol–water partition coefficient (Wildman–Crippen LogP) is 3.33. The van der Waals surface area contributed by atoms with Crippen LogP contribution in [-0.4, -0.2) is 47.7 Å². The molecule has 1 spiro atoms. The minimum absolute atomic E-state index is 0.203. The molecule has 3 aliphatic rings. The largest absolute Gasteiger partial charge is 0.393 e. The molecule has 27 heavy (non-hydrogen) atoms. The average molecular weight is 388 g/mol. The van der Waals surface area contributed by atoms with E-state index in [0.29, 0.717) is 17.1 Å². The van der Waals surface area contributed by atoms with Crippen molar-refractivity contribution in [3.8, 4) is 6.07 Å². The van der Waals surface area contributed by atoms with Crippen LogP contribution >= 0.6 is 11.6 Å². The highest BCUT2D eigenvalue weighted by Gasteiger charge is 2.50. The SMILES string of the molecule is N#Cc1ccc(Cl)cc1N1CCCC2(CCN(C3CCC(O)CC3)C2=O)C1. The summed E-state index contributed by atoms with van der Waals surface area (Å²) in [4.78, 5) is 17.7. The zero-order valence-electron chi connectivity index (χ0n) is 15.5. The molecule has 4 rings (SSSR count). The van der Waals surface area contributed by atoms with Crippen molar-refractivity contribution in [3.63, 3.8) is 0 Å². The van der Waals surface area contributed by atoms with Crippen molar-refractivity contribution in [1.29, 1.82) is 5.26 Å². The van der Waals surface area contributed by atoms with Crippen molar-refractivity contribution in [2.45, 2.75) is 57.1 Å². The van der Waals surface area contributed by atoms with Gasteiger partial charge in [0.1, 0.15) is 6.07 Å². The first-order chi connectivity index (χ1) is 13.0. The lowest BCUT2D eigenvalue weighted by molar-refractivity contribution is -0.139. The molecule has 1 N–H and O–H groups in total. The molecule has 3 fully saturated rings. The first-order valence-electron chi connectivity index (χ1n) is 9.96. The van der Waals surface area contributed by atoms with Crippen molar-refractivity contribution < 1.29 is 9.90 Å². The lowest BCUT2D eigenvalue weighted by Crippen LogP contribution is -2.50. The molecule has 1 aromatic rings. The fraction of sp³-hybridized carbons (Fsp3) is 0.619. The van der Waals surface area contributed by atoms with Gasteiger partial charge >= 0.3 is 0 Å². The van der Waals surface area contributed by atoms with E-state index in [9.17, 15) is 15.2 Å². The molecule has 1 aliphatic carbocycles. The molecule has 1 aromatic carbocycles. The molecule has 5 nitrogen and oxygen atoms in total. The second kappa shape index (κ2) is 7.33. The van der Waals surface area contributed by atoms with Crippen LogP contribution in [0.15, 0.2) is 18.2 Å². The second-order valence-electron chi connectivity index (χ2n) is 8.29. The number of carbonyl (C=O) groups excluding carboxylic acids is 1. The Morgan fingerprint density at radius 1 is 1.19 bits per heavy atom. The Kier molecular flexibility index (Phi) is 5.05. The van der Waals surface area contributed by atoms with Gasteiger partial charge in [-0.1, -0.05) is 11.6 Å². The van der Waals surface area contributed by atoms with Crippen molar-refractivity contribution in [1.82, 2.24) is 4.90 Å². The number of aliphatic hydroxyl groups excluding tert-OH is 1. The molecule has 0 aromatic heterocycles. The highest BCUT2D eigenvalue weighted by atomic mass is 35.5. The summed E-state index contributed by atoms with van der Waals surface area (Å²) in [6, 6.07) is 7.87. The summed E-state index contributed by atoms with van der Waals surface area (Å²) in [7, 11) is 0. The van der Waals surface area contributed by atoms with E-state index in [2.05, 4.69) is 15.9 Å². The molecule has 2 heterocycles. The van der Waals surface area contributed by atoms with Gasteiger partial charge in [-0.05, 0) is 63.1 Å². The number of benzene rings is 1. The third-order valence-corrected chi connectivity index (χ3v) is 6.89. The van der Waals surface area contributed by atoms with E-state index in [1.54, 1.807) is 12.1 Å². The van der Waals surface area contributed by atoms with E-state index in [0.717, 1.165) is 63.7 Å². The summed E-state index contributed by atoms with van der Waals surface area (Å²) in [5.41, 5.74) is 1.11. The topological polar surface area (TPSA) is 67.6 Å². The lowest BCUT2D eigenvalue weighted by atomic mass is 9.78. The number of halogens is 1. The number of hydrogen-bond acceptors (Lipinski definition) is 4. The number of nitriles is 1. The number of nitrogens with zero attached hydrogens (tertiary/aromatic N) is 3. The zero-order chi connectivity index (χ0) is 19.0. The highest BCUT2D eigenvalue weighted by Crippen LogP contribution is 2.44. The Hall–Kier alpha value is -1.77. The molecule has 2 saturated heterocycles. The Balaban J connectivity index is 1.54. The van der Waals surface area contributed by atoms with Crippen LogP contribution in [0, 0.1) is 16.7 Å². The van der Waals surface area contributed by atoms with Gasteiger partial charge in [0.2, 0.25) is 5.91 Å². The fourth-order valence-corrected chi connectivity index (χ4v) is 5.31. The molecular formula is C21H26ClN3O2. The zero-order valence-corrected chi connectivity index (χ0v) is 16.3. The lowest BCUT2D eigenvalue weighted by Gasteiger charge is -2.41. The van der Waals surface area contributed by atoms with Gasteiger partial charge in [-0.2, -0.15) is 5.26 Å². The van der Waals surface area contributed by atoms with Crippen LogP contribution in [0.3, 0.4) is 0 Å². The molecule has 1 unspecified atom stereocenters. The van der Waals surface area contributed by atoms with E-state index < -0.39 is 0 Å². The Morgan fingerprint density at radius 3 is 2.70 bits per heavy atom. The standard InChI is InChI=1S/C21H26ClN3O2/c22-16-3-2-15(13-23)19(12-16)24-10-1-8-21(14-24)9-11-25(20(21)27)17-4-6-18(26)7-5-17/h2-3,12,17-18,26H,1,4-11,14H2. The van der Waals surface area contributed by atoms with E-state index >= 15 is 0 Å². The Bertz CT molecular complexity index is 769. The molecule has 2 aliphatic heterocycles. The number of hydrogen-bond donors (Lipinski definition) is 1. The first-order valence-corrected chi connectivity index (χ1v) is 10.3. The van der Waals surface area contributed by atoms with Gasteiger partial charge in [-0.25, -0.2) is 0 Å². The summed E-state index contributed by atoms with van der Waals surface area (Å²) >= 11 is 6.18. The minimum Gasteiger partial charge on any atom is -0.393 e. The van der Waals surface area contributed by atoms with Gasteiger partial charge in [0.25, 0.3) is 0 Å². The average Bonchev–Trinajstić information content (AvgIpc) is 2.98. The fourth-order valence-electron chi connectivity index (χ4n) is 5.14. The second-order valence-corrected chi connectivity index (χ2v) is 8.73. The molecule has 1 amide bonds. The Labute approximate surface area is 165 Å². The molecular weight excluding hydrogens is 362 g/mol. The van der Waals surface area contributed by atoms with Crippen molar-refractivity contribution >= 4 is 23.2 Å². The highest BCUT2D eigenvalue weighted by molar-refractivity contribution is 6.30. The van der Waals surface area contributed by atoms with Crippen LogP contribution in [-0.2, 0) is 4.79 Å². The molecule has 1 atom stereocenters. The van der Waals surface area contributed by atoms with Crippen molar-refractivity contribution in [2.75, 3.05) is 24.5 Å². The molecule has 1 saturated carbocycles. The molecule has 0 radical (unpaired) electrons. The van der Waals surface area contributed by atoms with Gasteiger partial charge in [0.15, 0.2) is 0 Å². The van der Waals surface area contributed by atoms with E-state index in [4.69, 9.17) is 11.6 Å². The van der Waals surface area contributed by atoms with Crippen molar-refractivity contribution in [2.24, 2.45) is 5.41 Å². The van der Waals surface area contributed by atoms with Gasteiger partial charge in [0, 0.05) is 30.7 Å². The first kappa shape index (κ1) is 18.6. The number of amides is 1. The molecule has 144 valence electrons. The van der Waals surface area contributed by atoms with Gasteiger partial charge in [-0.3, -0.25) is 4.79 Å². The summed E-state index contributed by atoms with van der Waals surface area (Å²) in [5, 5.41) is 19.8. The Morgan fingerprint density at radius 2 is 1.96 bits per heavy atom. The van der Waals surface area contributed by atoms with Crippen LogP contribution in [0.2, 0.25) is 5.02 Å². The normalized spacial score (nSPS) is 31.4. The minimum atomic E-state index is -0.344.